The van der Waals surface area contributed by atoms with Crippen molar-refractivity contribution in [3.8, 4) is 0 Å². The third-order valence-electron chi connectivity index (χ3n) is 2.47. The summed E-state index contributed by atoms with van der Waals surface area (Å²) in [6, 6.07) is 0. The molecule has 0 N–H and O–H groups in total. The van der Waals surface area contributed by atoms with Crippen molar-refractivity contribution in [3.63, 3.8) is 0 Å². The van der Waals surface area contributed by atoms with Crippen molar-refractivity contribution in [2.24, 2.45) is 5.92 Å². The molecular weight excluding hydrogens is 287 g/mol. The maximum Gasteiger partial charge on any atom is 0.389 e. The van der Waals surface area contributed by atoms with Crippen molar-refractivity contribution in [2.45, 2.75) is 25.9 Å². The number of ether oxygens (including phenoxy) is 1. The Morgan fingerprint density at radius 3 is 2.32 bits per heavy atom. The van der Waals surface area contributed by atoms with E-state index in [0.29, 0.717) is 0 Å². The van der Waals surface area contributed by atoms with Gasteiger partial charge in [-0.05, 0) is 6.42 Å². The van der Waals surface area contributed by atoms with Crippen molar-refractivity contribution >= 4 is 16.0 Å². The lowest BCUT2D eigenvalue weighted by Crippen LogP contribution is -2.35. The normalized spacial score (nSPS) is 14.5. The molecule has 114 valence electrons. The minimum atomic E-state index is -4.37. The first-order chi connectivity index (χ1) is 8.49. The summed E-state index contributed by atoms with van der Waals surface area (Å²) in [5, 5.41) is 0. The number of esters is 1. The van der Waals surface area contributed by atoms with Crippen LogP contribution in [0.2, 0.25) is 0 Å². The first-order valence-electron chi connectivity index (χ1n) is 5.58. The van der Waals surface area contributed by atoms with Gasteiger partial charge in [-0.15, -0.1) is 0 Å². The van der Waals surface area contributed by atoms with Crippen molar-refractivity contribution in [2.75, 3.05) is 26.5 Å². The topological polar surface area (TPSA) is 63.7 Å². The Kier molecular flexibility index (Phi) is 6.78. The zero-order chi connectivity index (χ0) is 15.3. The molecule has 9 heteroatoms. The first-order valence-corrected chi connectivity index (χ1v) is 7.19. The second-order valence-electron chi connectivity index (χ2n) is 4.24. The molecule has 0 aliphatic carbocycles. The lowest BCUT2D eigenvalue weighted by atomic mass is 10.2. The summed E-state index contributed by atoms with van der Waals surface area (Å²) >= 11 is 0. The summed E-state index contributed by atoms with van der Waals surface area (Å²) in [6.07, 6.45) is -6.01. The maximum atomic E-state index is 11.9. The van der Waals surface area contributed by atoms with Crippen LogP contribution in [0, 0.1) is 5.92 Å². The van der Waals surface area contributed by atoms with Gasteiger partial charge in [-0.2, -0.15) is 13.2 Å². The number of halogens is 3. The Balaban J connectivity index is 4.37. The van der Waals surface area contributed by atoms with E-state index in [0.717, 1.165) is 4.31 Å². The van der Waals surface area contributed by atoms with Gasteiger partial charge in [0.05, 0.1) is 18.8 Å². The Labute approximate surface area is 110 Å². The van der Waals surface area contributed by atoms with E-state index in [1.165, 1.54) is 21.1 Å². The molecule has 0 aliphatic rings. The van der Waals surface area contributed by atoms with E-state index in [2.05, 4.69) is 4.74 Å². The number of alkyl halides is 3. The molecule has 1 atom stereocenters. The van der Waals surface area contributed by atoms with Crippen molar-refractivity contribution in [1.82, 2.24) is 4.31 Å². The van der Waals surface area contributed by atoms with Crippen LogP contribution < -0.4 is 0 Å². The number of nitrogens with zero attached hydrogens (tertiary/aromatic N) is 1. The van der Waals surface area contributed by atoms with Gasteiger partial charge in [-0.25, -0.2) is 12.7 Å². The average molecular weight is 305 g/mol. The van der Waals surface area contributed by atoms with Gasteiger partial charge < -0.3 is 4.74 Å². The predicted molar refractivity (Wildman–Crippen MR) is 62.9 cm³/mol. The van der Waals surface area contributed by atoms with Crippen LogP contribution in [0.4, 0.5) is 13.2 Å². The van der Waals surface area contributed by atoms with Crippen molar-refractivity contribution in [3.05, 3.63) is 0 Å². The fourth-order valence-electron chi connectivity index (χ4n) is 1.39. The van der Waals surface area contributed by atoms with Crippen LogP contribution in [0.1, 0.15) is 19.8 Å². The maximum absolute atomic E-state index is 11.9. The molecule has 0 spiro atoms. The number of methoxy groups -OCH3 is 1. The molecule has 0 bridgehead atoms. The molecule has 0 rings (SSSR count). The second kappa shape index (κ2) is 7.09. The van der Waals surface area contributed by atoms with E-state index >= 15 is 0 Å². The van der Waals surface area contributed by atoms with Crippen LogP contribution in [-0.4, -0.2) is 51.3 Å². The number of carbonyl (C=O) groups excluding carboxylic acids is 1. The van der Waals surface area contributed by atoms with E-state index < -0.39 is 46.7 Å². The minimum absolute atomic E-state index is 0.124. The van der Waals surface area contributed by atoms with E-state index in [1.807, 2.05) is 0 Å². The quantitative estimate of drug-likeness (QED) is 0.667. The molecule has 0 amide bonds. The van der Waals surface area contributed by atoms with Gasteiger partial charge in [0, 0.05) is 20.0 Å². The molecule has 0 heterocycles. The molecule has 0 fully saturated rings. The SMILES string of the molecule is COC(=O)C(C)CN(C)S(=O)(=O)CCCC(F)(F)F. The Hall–Kier alpha value is -0.830. The van der Waals surface area contributed by atoms with Crippen LogP contribution in [0.25, 0.3) is 0 Å². The van der Waals surface area contributed by atoms with Gasteiger partial charge in [-0.1, -0.05) is 6.92 Å². The van der Waals surface area contributed by atoms with E-state index in [4.69, 9.17) is 0 Å². The summed E-state index contributed by atoms with van der Waals surface area (Å²) < 4.78 is 64.4. The zero-order valence-electron chi connectivity index (χ0n) is 11.0. The highest BCUT2D eigenvalue weighted by Crippen LogP contribution is 2.22. The van der Waals surface area contributed by atoms with Crippen molar-refractivity contribution in [1.29, 1.82) is 0 Å². The summed E-state index contributed by atoms with van der Waals surface area (Å²) in [7, 11) is -1.39. The number of rotatable bonds is 7. The minimum Gasteiger partial charge on any atom is -0.469 e. The van der Waals surface area contributed by atoms with Crippen molar-refractivity contribution < 1.29 is 31.1 Å². The fourth-order valence-corrected chi connectivity index (χ4v) is 2.66. The molecule has 19 heavy (non-hydrogen) atoms. The third kappa shape index (κ3) is 7.36. The van der Waals surface area contributed by atoms with E-state index in [9.17, 15) is 26.4 Å². The van der Waals surface area contributed by atoms with Crippen LogP contribution in [0.3, 0.4) is 0 Å². The molecule has 0 saturated heterocycles. The molecule has 0 saturated carbocycles. The first kappa shape index (κ1) is 18.2. The molecule has 5 nitrogen and oxygen atoms in total. The van der Waals surface area contributed by atoms with Gasteiger partial charge in [0.15, 0.2) is 0 Å². The van der Waals surface area contributed by atoms with Gasteiger partial charge in [-0.3, -0.25) is 4.79 Å². The lowest BCUT2D eigenvalue weighted by molar-refractivity contribution is -0.145. The predicted octanol–water partition coefficient (Wildman–Crippen LogP) is 1.40. The highest BCUT2D eigenvalue weighted by molar-refractivity contribution is 7.89. The molecule has 0 radical (unpaired) electrons. The number of hydrogen-bond donors (Lipinski definition) is 0. The Bertz CT molecular complexity index is 394. The van der Waals surface area contributed by atoms with E-state index in [-0.39, 0.29) is 6.54 Å². The Morgan fingerprint density at radius 2 is 1.89 bits per heavy atom. The smallest absolute Gasteiger partial charge is 0.389 e. The summed E-state index contributed by atoms with van der Waals surface area (Å²) in [6.45, 7) is 1.36. The molecule has 0 aromatic rings. The molecular formula is C10H18F3NO4S. The van der Waals surface area contributed by atoms with E-state index in [1.54, 1.807) is 0 Å². The summed E-state index contributed by atoms with van der Waals surface area (Å²) in [5.41, 5.74) is 0. The molecule has 1 unspecified atom stereocenters. The van der Waals surface area contributed by atoms with Crippen LogP contribution >= 0.6 is 0 Å². The summed E-state index contributed by atoms with van der Waals surface area (Å²) in [5.74, 6) is -1.85. The monoisotopic (exact) mass is 305 g/mol. The standard InChI is InChI=1S/C10H18F3NO4S/c1-8(9(15)18-3)7-14(2)19(16,17)6-4-5-10(11,12)13/h8H,4-7H2,1-3H3. The largest absolute Gasteiger partial charge is 0.469 e. The van der Waals surface area contributed by atoms with Gasteiger partial charge in [0.2, 0.25) is 10.0 Å². The number of hydrogen-bond acceptors (Lipinski definition) is 4. The Morgan fingerprint density at radius 1 is 1.37 bits per heavy atom. The molecule has 0 aliphatic heterocycles. The molecule has 0 aromatic heterocycles. The fraction of sp³-hybridized carbons (Fsp3) is 0.900. The zero-order valence-corrected chi connectivity index (χ0v) is 11.8. The number of sulfonamides is 1. The van der Waals surface area contributed by atoms with Gasteiger partial charge in [0.25, 0.3) is 0 Å². The highest BCUT2D eigenvalue weighted by Gasteiger charge is 2.29. The highest BCUT2D eigenvalue weighted by atomic mass is 32.2. The van der Waals surface area contributed by atoms with Crippen LogP contribution in [-0.2, 0) is 19.6 Å². The third-order valence-corrected chi connectivity index (χ3v) is 4.38. The van der Waals surface area contributed by atoms with Gasteiger partial charge in [0.1, 0.15) is 0 Å². The van der Waals surface area contributed by atoms with Crippen LogP contribution in [0.5, 0.6) is 0 Å². The van der Waals surface area contributed by atoms with Gasteiger partial charge >= 0.3 is 12.1 Å². The lowest BCUT2D eigenvalue weighted by Gasteiger charge is -2.20. The number of carbonyl (C=O) groups is 1. The van der Waals surface area contributed by atoms with Crippen LogP contribution in [0.15, 0.2) is 0 Å². The average Bonchev–Trinajstić information content (AvgIpc) is 2.25. The second-order valence-corrected chi connectivity index (χ2v) is 6.43. The summed E-state index contributed by atoms with van der Waals surface area (Å²) in [4.78, 5) is 11.1. The molecule has 0 aromatic carbocycles.